The van der Waals surface area contributed by atoms with Gasteiger partial charge < -0.3 is 9.72 Å². The van der Waals surface area contributed by atoms with Crippen LogP contribution in [0.1, 0.15) is 29.4 Å². The lowest BCUT2D eigenvalue weighted by Crippen LogP contribution is -2.00. The van der Waals surface area contributed by atoms with Gasteiger partial charge in [-0.1, -0.05) is 6.92 Å². The maximum atomic E-state index is 11.6. The van der Waals surface area contributed by atoms with Crippen LogP contribution in [0.5, 0.6) is 0 Å². The number of hydrogen-bond donors (Lipinski definition) is 1. The summed E-state index contributed by atoms with van der Waals surface area (Å²) in [5, 5.41) is 4.49. The van der Waals surface area contributed by atoms with Crippen molar-refractivity contribution >= 4 is 17.0 Å². The van der Waals surface area contributed by atoms with Crippen LogP contribution in [0.25, 0.3) is 22.4 Å². The minimum absolute atomic E-state index is 0.356. The van der Waals surface area contributed by atoms with E-state index in [1.54, 1.807) is 12.1 Å². The lowest BCUT2D eigenvalue weighted by Gasteiger charge is -1.97. The number of hydrogen-bond acceptors (Lipinski definition) is 4. The number of imidazole rings is 1. The van der Waals surface area contributed by atoms with Crippen LogP contribution >= 0.6 is 0 Å². The monoisotopic (exact) mass is 298 g/mol. The number of ether oxygens (including phenoxy) is 1. The number of carbonyl (C=O) groups excluding carboxylic acids is 1. The maximum Gasteiger partial charge on any atom is 0.337 e. The molecule has 3 aromatic rings. The molecule has 0 atom stereocenters. The van der Waals surface area contributed by atoms with Crippen molar-refractivity contribution in [2.24, 2.45) is 0 Å². The van der Waals surface area contributed by atoms with Gasteiger partial charge in [-0.05, 0) is 31.5 Å². The lowest BCUT2D eigenvalue weighted by molar-refractivity contribution is 0.0601. The average molecular weight is 298 g/mol. The number of benzene rings is 1. The third-order valence-electron chi connectivity index (χ3n) is 3.56. The average Bonchev–Trinajstić information content (AvgIpc) is 3.09. The van der Waals surface area contributed by atoms with Crippen LogP contribution in [0, 0.1) is 6.92 Å². The number of aryl methyl sites for hydroxylation is 2. The molecule has 2 aromatic heterocycles. The van der Waals surface area contributed by atoms with Gasteiger partial charge in [0.15, 0.2) is 0 Å². The highest BCUT2D eigenvalue weighted by Crippen LogP contribution is 2.23. The smallest absolute Gasteiger partial charge is 0.337 e. The molecule has 3 rings (SSSR count). The predicted molar refractivity (Wildman–Crippen MR) is 83.7 cm³/mol. The molecule has 0 fully saturated rings. The van der Waals surface area contributed by atoms with E-state index in [4.69, 9.17) is 4.74 Å². The number of aromatic nitrogens is 4. The van der Waals surface area contributed by atoms with E-state index in [-0.39, 0.29) is 5.97 Å². The summed E-state index contributed by atoms with van der Waals surface area (Å²) in [5.41, 5.74) is 4.03. The largest absolute Gasteiger partial charge is 0.465 e. The van der Waals surface area contributed by atoms with Crippen molar-refractivity contribution in [3.05, 3.63) is 35.7 Å². The summed E-state index contributed by atoms with van der Waals surface area (Å²) in [6.45, 7) is 4.97. The number of nitrogens with one attached hydrogen (secondary N) is 1. The molecule has 22 heavy (non-hydrogen) atoms. The minimum atomic E-state index is -0.356. The molecule has 1 N–H and O–H groups in total. The number of aromatic amines is 1. The minimum Gasteiger partial charge on any atom is -0.465 e. The predicted octanol–water partition coefficient (Wildman–Crippen LogP) is 2.93. The second kappa shape index (κ2) is 5.63. The zero-order valence-corrected chi connectivity index (χ0v) is 12.9. The van der Waals surface area contributed by atoms with Crippen LogP contribution < -0.4 is 0 Å². The van der Waals surface area contributed by atoms with Crippen molar-refractivity contribution in [3.63, 3.8) is 0 Å². The fourth-order valence-electron chi connectivity index (χ4n) is 2.48. The van der Waals surface area contributed by atoms with Crippen molar-refractivity contribution in [1.82, 2.24) is 19.7 Å². The van der Waals surface area contributed by atoms with Gasteiger partial charge in [-0.15, -0.1) is 0 Å². The van der Waals surface area contributed by atoms with E-state index in [9.17, 15) is 4.79 Å². The fourth-order valence-corrected chi connectivity index (χ4v) is 2.48. The summed E-state index contributed by atoms with van der Waals surface area (Å²) in [4.78, 5) is 19.4. The van der Waals surface area contributed by atoms with E-state index in [1.807, 2.05) is 23.9 Å². The Morgan fingerprint density at radius 3 is 2.95 bits per heavy atom. The molecule has 1 aromatic carbocycles. The molecule has 0 saturated carbocycles. The van der Waals surface area contributed by atoms with Crippen LogP contribution in [-0.2, 0) is 11.3 Å². The normalized spacial score (nSPS) is 11.0. The molecule has 114 valence electrons. The number of H-pyrrole nitrogens is 1. The Morgan fingerprint density at radius 2 is 2.23 bits per heavy atom. The van der Waals surface area contributed by atoms with Gasteiger partial charge in [-0.25, -0.2) is 9.78 Å². The summed E-state index contributed by atoms with van der Waals surface area (Å²) >= 11 is 0. The van der Waals surface area contributed by atoms with Crippen molar-refractivity contribution < 1.29 is 9.53 Å². The number of esters is 1. The topological polar surface area (TPSA) is 72.8 Å². The highest BCUT2D eigenvalue weighted by molar-refractivity contribution is 5.94. The third kappa shape index (κ3) is 2.47. The molecule has 6 nitrogen and oxygen atoms in total. The van der Waals surface area contributed by atoms with Crippen LogP contribution in [0.15, 0.2) is 24.4 Å². The Hall–Kier alpha value is -2.63. The van der Waals surface area contributed by atoms with Gasteiger partial charge >= 0.3 is 5.97 Å². The van der Waals surface area contributed by atoms with Gasteiger partial charge in [0.2, 0.25) is 0 Å². The lowest BCUT2D eigenvalue weighted by atomic mass is 10.2. The Morgan fingerprint density at radius 1 is 1.41 bits per heavy atom. The Labute approximate surface area is 128 Å². The molecule has 0 bridgehead atoms. The first-order valence-corrected chi connectivity index (χ1v) is 7.25. The van der Waals surface area contributed by atoms with Crippen LogP contribution in [0.4, 0.5) is 0 Å². The second-order valence-corrected chi connectivity index (χ2v) is 5.20. The van der Waals surface area contributed by atoms with Gasteiger partial charge in [-0.2, -0.15) is 5.10 Å². The molecule has 0 unspecified atom stereocenters. The quantitative estimate of drug-likeness (QED) is 0.752. The molecule has 0 amide bonds. The molecule has 0 radical (unpaired) electrons. The highest BCUT2D eigenvalue weighted by Gasteiger charge is 2.13. The Balaban J connectivity index is 2.03. The van der Waals surface area contributed by atoms with E-state index in [0.717, 1.165) is 41.1 Å². The third-order valence-corrected chi connectivity index (χ3v) is 3.56. The standard InChI is InChI=1S/C16H18N4O2/c1-4-7-20-9-12(10(2)19-20)15-17-13-6-5-11(16(21)22-3)8-14(13)18-15/h5-6,8-9H,4,7H2,1-3H3,(H,17,18). The van der Waals surface area contributed by atoms with Gasteiger partial charge in [0, 0.05) is 12.7 Å². The van der Waals surface area contributed by atoms with Crippen molar-refractivity contribution in [2.45, 2.75) is 26.8 Å². The number of fused-ring (bicyclic) bond motifs is 1. The van der Waals surface area contributed by atoms with E-state index >= 15 is 0 Å². The van der Waals surface area contributed by atoms with Crippen LogP contribution in [0.2, 0.25) is 0 Å². The maximum absolute atomic E-state index is 11.6. The Bertz CT molecular complexity index is 832. The van der Waals surface area contributed by atoms with Crippen molar-refractivity contribution in [2.75, 3.05) is 7.11 Å². The number of carbonyl (C=O) groups is 1. The number of methoxy groups -OCH3 is 1. The SMILES string of the molecule is CCCn1cc(-c2nc3ccc(C(=O)OC)cc3[nH]2)c(C)n1. The van der Waals surface area contributed by atoms with E-state index < -0.39 is 0 Å². The second-order valence-electron chi connectivity index (χ2n) is 5.20. The number of rotatable bonds is 4. The number of nitrogens with zero attached hydrogens (tertiary/aromatic N) is 3. The molecular weight excluding hydrogens is 280 g/mol. The first-order valence-electron chi connectivity index (χ1n) is 7.25. The zero-order chi connectivity index (χ0) is 15.7. The molecule has 0 aliphatic rings. The van der Waals surface area contributed by atoms with Gasteiger partial charge in [0.05, 0.1) is 35.0 Å². The molecule has 0 saturated heterocycles. The highest BCUT2D eigenvalue weighted by atomic mass is 16.5. The van der Waals surface area contributed by atoms with E-state index in [0.29, 0.717) is 5.56 Å². The fraction of sp³-hybridized carbons (Fsp3) is 0.312. The van der Waals surface area contributed by atoms with Gasteiger partial charge in [0.1, 0.15) is 5.82 Å². The van der Waals surface area contributed by atoms with Crippen LogP contribution in [-0.4, -0.2) is 32.8 Å². The first-order chi connectivity index (χ1) is 10.6. The first kappa shape index (κ1) is 14.3. The Kier molecular flexibility index (Phi) is 3.66. The molecule has 0 spiro atoms. The summed E-state index contributed by atoms with van der Waals surface area (Å²) in [5.74, 6) is 0.405. The summed E-state index contributed by atoms with van der Waals surface area (Å²) < 4.78 is 6.67. The summed E-state index contributed by atoms with van der Waals surface area (Å²) in [6.07, 6.45) is 3.03. The molecular formula is C16H18N4O2. The van der Waals surface area contributed by atoms with Crippen molar-refractivity contribution in [3.8, 4) is 11.4 Å². The molecule has 0 aliphatic carbocycles. The van der Waals surface area contributed by atoms with E-state index in [1.165, 1.54) is 7.11 Å². The van der Waals surface area contributed by atoms with Gasteiger partial charge in [0.25, 0.3) is 0 Å². The van der Waals surface area contributed by atoms with Crippen molar-refractivity contribution in [1.29, 1.82) is 0 Å². The zero-order valence-electron chi connectivity index (χ0n) is 12.9. The van der Waals surface area contributed by atoms with E-state index in [2.05, 4.69) is 22.0 Å². The molecule has 6 heteroatoms. The van der Waals surface area contributed by atoms with Gasteiger partial charge in [-0.3, -0.25) is 4.68 Å². The summed E-state index contributed by atoms with van der Waals surface area (Å²) in [6, 6.07) is 5.28. The molecule has 0 aliphatic heterocycles. The summed E-state index contributed by atoms with van der Waals surface area (Å²) in [7, 11) is 1.37. The molecule has 2 heterocycles. The van der Waals surface area contributed by atoms with Crippen LogP contribution in [0.3, 0.4) is 0 Å².